The van der Waals surface area contributed by atoms with E-state index in [-0.39, 0.29) is 29.4 Å². The summed E-state index contributed by atoms with van der Waals surface area (Å²) >= 11 is 0. The lowest BCUT2D eigenvalue weighted by Gasteiger charge is -2.29. The van der Waals surface area contributed by atoms with Gasteiger partial charge in [0, 0.05) is 17.0 Å². The van der Waals surface area contributed by atoms with Gasteiger partial charge in [0.1, 0.15) is 11.6 Å². The van der Waals surface area contributed by atoms with E-state index in [2.05, 4.69) is 10.2 Å². The van der Waals surface area contributed by atoms with Crippen LogP contribution in [-0.2, 0) is 6.54 Å². The highest BCUT2D eigenvalue weighted by molar-refractivity contribution is 6.04. The Kier molecular flexibility index (Phi) is 4.90. The van der Waals surface area contributed by atoms with Crippen LogP contribution < -0.4 is 5.56 Å². The van der Waals surface area contributed by atoms with Gasteiger partial charge < -0.3 is 4.90 Å². The number of carbonyl (C=O) groups is 1. The number of fused-ring (bicyclic) bond motifs is 1. The first-order valence-corrected chi connectivity index (χ1v) is 9.27. The largest absolute Gasteiger partial charge is 0.330 e. The number of hydrogen-bond acceptors (Lipinski definition) is 3. The number of benzene rings is 2. The smallest absolute Gasteiger partial charge is 0.275 e. The number of carbonyl (C=O) groups excluding carboxylic acids is 1. The lowest BCUT2D eigenvalue weighted by molar-refractivity contribution is 0.0655. The quantitative estimate of drug-likeness (QED) is 0.746. The number of amides is 1. The molecule has 1 fully saturated rings. The predicted octanol–water partition coefficient (Wildman–Crippen LogP) is 3.79. The van der Waals surface area contributed by atoms with Crippen LogP contribution >= 0.6 is 0 Å². The first-order valence-electron chi connectivity index (χ1n) is 9.27. The topological polar surface area (TPSA) is 66.1 Å². The van der Waals surface area contributed by atoms with Crippen LogP contribution in [0.1, 0.15) is 41.7 Å². The third-order valence-corrected chi connectivity index (χ3v) is 5.32. The summed E-state index contributed by atoms with van der Waals surface area (Å²) in [5.74, 6) is -1.81. The van der Waals surface area contributed by atoms with Gasteiger partial charge in [0.2, 0.25) is 0 Å². The highest BCUT2D eigenvalue weighted by Gasteiger charge is 2.31. The van der Waals surface area contributed by atoms with Crippen molar-refractivity contribution >= 4 is 16.7 Å². The Balaban J connectivity index is 1.78. The molecule has 0 saturated heterocycles. The minimum Gasteiger partial charge on any atom is -0.330 e. The standard InChI is InChI=1S/C21H19F2N3O2/c22-17-10-5-11-18(23)16(17)12-26(13-6-1-2-7-13)21(28)19-14-8-3-4-9-15(14)20(27)25-24-19/h3-5,8-11,13H,1-2,6-7,12H2,(H,25,27). The molecule has 4 rings (SSSR count). The number of aromatic amines is 1. The van der Waals surface area contributed by atoms with Crippen LogP contribution in [-0.4, -0.2) is 27.0 Å². The summed E-state index contributed by atoms with van der Waals surface area (Å²) in [4.78, 5) is 26.9. The summed E-state index contributed by atoms with van der Waals surface area (Å²) in [7, 11) is 0. The molecule has 1 aromatic heterocycles. The van der Waals surface area contributed by atoms with E-state index < -0.39 is 17.5 Å². The van der Waals surface area contributed by atoms with Crippen LogP contribution in [0, 0.1) is 11.6 Å². The molecule has 0 unspecified atom stereocenters. The monoisotopic (exact) mass is 383 g/mol. The average molecular weight is 383 g/mol. The van der Waals surface area contributed by atoms with Crippen molar-refractivity contribution in [3.8, 4) is 0 Å². The highest BCUT2D eigenvalue weighted by atomic mass is 19.1. The third kappa shape index (κ3) is 3.28. The van der Waals surface area contributed by atoms with Gasteiger partial charge in [0.25, 0.3) is 11.5 Å². The molecule has 1 heterocycles. The van der Waals surface area contributed by atoms with Gasteiger partial charge in [-0.2, -0.15) is 5.10 Å². The van der Waals surface area contributed by atoms with E-state index in [4.69, 9.17) is 0 Å². The van der Waals surface area contributed by atoms with Crippen LogP contribution in [0.5, 0.6) is 0 Å². The minimum absolute atomic E-state index is 0.0823. The zero-order valence-electron chi connectivity index (χ0n) is 15.1. The molecule has 0 spiro atoms. The summed E-state index contributed by atoms with van der Waals surface area (Å²) in [6, 6.07) is 10.2. The van der Waals surface area contributed by atoms with Crippen LogP contribution in [0.4, 0.5) is 8.78 Å². The van der Waals surface area contributed by atoms with Crippen molar-refractivity contribution in [1.82, 2.24) is 15.1 Å². The lowest BCUT2D eigenvalue weighted by Crippen LogP contribution is -2.39. The van der Waals surface area contributed by atoms with Crippen LogP contribution in [0.25, 0.3) is 10.8 Å². The van der Waals surface area contributed by atoms with Crippen LogP contribution in [0.2, 0.25) is 0 Å². The number of hydrogen-bond donors (Lipinski definition) is 1. The molecule has 1 aliphatic rings. The normalized spacial score (nSPS) is 14.5. The van der Waals surface area contributed by atoms with E-state index in [1.807, 2.05) is 0 Å². The molecule has 1 aliphatic carbocycles. The Morgan fingerprint density at radius 3 is 2.36 bits per heavy atom. The fourth-order valence-electron chi connectivity index (χ4n) is 3.85. The molecule has 144 valence electrons. The number of halogens is 2. The second-order valence-electron chi connectivity index (χ2n) is 7.02. The SMILES string of the molecule is O=C(c1n[nH]c(=O)c2ccccc12)N(Cc1c(F)cccc1F)C1CCCC1. The van der Waals surface area contributed by atoms with E-state index in [1.54, 1.807) is 24.3 Å². The maximum absolute atomic E-state index is 14.2. The number of aromatic nitrogens is 2. The van der Waals surface area contributed by atoms with E-state index in [0.717, 1.165) is 25.7 Å². The van der Waals surface area contributed by atoms with Crippen molar-refractivity contribution in [2.24, 2.45) is 0 Å². The van der Waals surface area contributed by atoms with Gasteiger partial charge in [0.15, 0.2) is 5.69 Å². The molecule has 5 nitrogen and oxygen atoms in total. The zero-order chi connectivity index (χ0) is 19.7. The number of rotatable bonds is 4. The number of nitrogens with zero attached hydrogens (tertiary/aromatic N) is 2. The van der Waals surface area contributed by atoms with Gasteiger partial charge in [-0.05, 0) is 31.0 Å². The lowest BCUT2D eigenvalue weighted by atomic mass is 10.1. The first-order chi connectivity index (χ1) is 13.6. The summed E-state index contributed by atoms with van der Waals surface area (Å²) in [6.45, 7) is -0.183. The molecule has 0 bridgehead atoms. The highest BCUT2D eigenvalue weighted by Crippen LogP contribution is 2.28. The van der Waals surface area contributed by atoms with Crippen molar-refractivity contribution < 1.29 is 13.6 Å². The number of nitrogens with one attached hydrogen (secondary N) is 1. The molecule has 1 saturated carbocycles. The molecule has 0 atom stereocenters. The fourth-order valence-corrected chi connectivity index (χ4v) is 3.85. The summed E-state index contributed by atoms with van der Waals surface area (Å²) < 4.78 is 28.5. The maximum Gasteiger partial charge on any atom is 0.275 e. The average Bonchev–Trinajstić information content (AvgIpc) is 3.22. The molecule has 1 N–H and O–H groups in total. The zero-order valence-corrected chi connectivity index (χ0v) is 15.1. The van der Waals surface area contributed by atoms with Crippen molar-refractivity contribution in [2.45, 2.75) is 38.3 Å². The minimum atomic E-state index is -0.685. The Morgan fingerprint density at radius 1 is 1.04 bits per heavy atom. The maximum atomic E-state index is 14.2. The molecular formula is C21H19F2N3O2. The Bertz CT molecular complexity index is 1070. The molecule has 28 heavy (non-hydrogen) atoms. The summed E-state index contributed by atoms with van der Waals surface area (Å²) in [6.07, 6.45) is 3.44. The third-order valence-electron chi connectivity index (χ3n) is 5.32. The first kappa shape index (κ1) is 18.3. The second kappa shape index (κ2) is 7.50. The van der Waals surface area contributed by atoms with Crippen LogP contribution in [0.15, 0.2) is 47.3 Å². The molecular weight excluding hydrogens is 364 g/mol. The van der Waals surface area contributed by atoms with E-state index in [0.29, 0.717) is 10.8 Å². The molecule has 0 aliphatic heterocycles. The Morgan fingerprint density at radius 2 is 1.68 bits per heavy atom. The predicted molar refractivity (Wildman–Crippen MR) is 101 cm³/mol. The Hall–Kier alpha value is -3.09. The van der Waals surface area contributed by atoms with Gasteiger partial charge in [0.05, 0.1) is 11.9 Å². The fraction of sp³-hybridized carbons (Fsp3) is 0.286. The summed E-state index contributed by atoms with van der Waals surface area (Å²) in [5.41, 5.74) is -0.449. The number of H-pyrrole nitrogens is 1. The molecule has 2 aromatic carbocycles. The van der Waals surface area contributed by atoms with Crippen LogP contribution in [0.3, 0.4) is 0 Å². The van der Waals surface area contributed by atoms with Crippen molar-refractivity contribution in [3.05, 3.63) is 75.7 Å². The van der Waals surface area contributed by atoms with Gasteiger partial charge >= 0.3 is 0 Å². The van der Waals surface area contributed by atoms with Crippen molar-refractivity contribution in [2.75, 3.05) is 0 Å². The van der Waals surface area contributed by atoms with Gasteiger partial charge in [-0.25, -0.2) is 13.9 Å². The van der Waals surface area contributed by atoms with E-state index in [1.165, 1.54) is 23.1 Å². The van der Waals surface area contributed by atoms with Gasteiger partial charge in [-0.3, -0.25) is 9.59 Å². The molecule has 1 amide bonds. The molecule has 7 heteroatoms. The summed E-state index contributed by atoms with van der Waals surface area (Å²) in [5, 5.41) is 7.10. The molecule has 3 aromatic rings. The van der Waals surface area contributed by atoms with Gasteiger partial charge in [-0.1, -0.05) is 37.1 Å². The van der Waals surface area contributed by atoms with Crippen molar-refractivity contribution in [1.29, 1.82) is 0 Å². The van der Waals surface area contributed by atoms with E-state index in [9.17, 15) is 18.4 Å². The van der Waals surface area contributed by atoms with E-state index >= 15 is 0 Å². The van der Waals surface area contributed by atoms with Gasteiger partial charge in [-0.15, -0.1) is 0 Å². The van der Waals surface area contributed by atoms with Crippen molar-refractivity contribution in [3.63, 3.8) is 0 Å². The molecule has 0 radical (unpaired) electrons. The Labute approximate surface area is 160 Å². The second-order valence-corrected chi connectivity index (χ2v) is 7.02.